The normalized spacial score (nSPS) is 10.7. The van der Waals surface area contributed by atoms with E-state index in [9.17, 15) is 4.79 Å². The molecule has 0 aromatic heterocycles. The second-order valence-electron chi connectivity index (χ2n) is 5.98. The predicted molar refractivity (Wildman–Crippen MR) is 95.6 cm³/mol. The second-order valence-corrected chi connectivity index (χ2v) is 6.41. The van der Waals surface area contributed by atoms with Gasteiger partial charge in [-0.15, -0.1) is 0 Å². The number of amides is 1. The Morgan fingerprint density at radius 1 is 1.13 bits per heavy atom. The van der Waals surface area contributed by atoms with Crippen molar-refractivity contribution >= 4 is 23.2 Å². The third-order valence-corrected chi connectivity index (χ3v) is 3.94. The Hall–Kier alpha value is -2.00. The van der Waals surface area contributed by atoms with Crippen LogP contribution in [0, 0.1) is 13.8 Å². The summed E-state index contributed by atoms with van der Waals surface area (Å²) in [6.07, 6.45) is 0. The minimum Gasteiger partial charge on any atom is -0.483 e. The van der Waals surface area contributed by atoms with Crippen molar-refractivity contribution in [3.05, 3.63) is 58.1 Å². The van der Waals surface area contributed by atoms with Crippen LogP contribution in [0.25, 0.3) is 0 Å². The van der Waals surface area contributed by atoms with Crippen LogP contribution in [0.4, 0.5) is 5.69 Å². The van der Waals surface area contributed by atoms with E-state index in [1.54, 1.807) is 12.1 Å². The van der Waals surface area contributed by atoms with Gasteiger partial charge in [-0.05, 0) is 60.7 Å². The Morgan fingerprint density at radius 3 is 2.52 bits per heavy atom. The van der Waals surface area contributed by atoms with E-state index in [0.717, 1.165) is 22.6 Å². The first kappa shape index (κ1) is 17.4. The molecule has 23 heavy (non-hydrogen) atoms. The molecule has 0 aliphatic rings. The third-order valence-electron chi connectivity index (χ3n) is 3.70. The molecular formula is C19H22ClNO2. The molecule has 2 aromatic rings. The van der Waals surface area contributed by atoms with E-state index in [-0.39, 0.29) is 12.5 Å². The number of rotatable bonds is 5. The Labute approximate surface area is 142 Å². The van der Waals surface area contributed by atoms with Crippen molar-refractivity contribution in [3.8, 4) is 5.75 Å². The SMILES string of the molecule is Cc1cc(Cl)ccc1NC(=O)COc1cc(C(C)C)ccc1C. The first-order chi connectivity index (χ1) is 10.9. The van der Waals surface area contributed by atoms with E-state index in [1.807, 2.05) is 32.0 Å². The highest BCUT2D eigenvalue weighted by Gasteiger charge is 2.09. The molecule has 0 heterocycles. The van der Waals surface area contributed by atoms with Gasteiger partial charge >= 0.3 is 0 Å². The molecule has 0 bridgehead atoms. The summed E-state index contributed by atoms with van der Waals surface area (Å²) >= 11 is 5.92. The van der Waals surface area contributed by atoms with Gasteiger partial charge in [-0.1, -0.05) is 37.6 Å². The summed E-state index contributed by atoms with van der Waals surface area (Å²) in [7, 11) is 0. The van der Waals surface area contributed by atoms with Crippen LogP contribution in [0.3, 0.4) is 0 Å². The number of nitrogens with one attached hydrogen (secondary N) is 1. The number of aryl methyl sites for hydroxylation is 2. The van der Waals surface area contributed by atoms with Crippen molar-refractivity contribution < 1.29 is 9.53 Å². The highest BCUT2D eigenvalue weighted by Crippen LogP contribution is 2.24. The maximum Gasteiger partial charge on any atom is 0.262 e. The quantitative estimate of drug-likeness (QED) is 0.828. The zero-order chi connectivity index (χ0) is 17.0. The summed E-state index contributed by atoms with van der Waals surface area (Å²) in [5.41, 5.74) is 3.88. The van der Waals surface area contributed by atoms with Crippen LogP contribution in [0.2, 0.25) is 5.02 Å². The number of ether oxygens (including phenoxy) is 1. The molecule has 0 aliphatic carbocycles. The molecule has 0 aliphatic heterocycles. The lowest BCUT2D eigenvalue weighted by Crippen LogP contribution is -2.21. The van der Waals surface area contributed by atoms with Crippen LogP contribution in [-0.2, 0) is 4.79 Å². The molecule has 0 saturated heterocycles. The van der Waals surface area contributed by atoms with Crippen molar-refractivity contribution in [1.29, 1.82) is 0 Å². The molecule has 0 spiro atoms. The maximum atomic E-state index is 12.1. The number of hydrogen-bond donors (Lipinski definition) is 1. The molecule has 2 rings (SSSR count). The van der Waals surface area contributed by atoms with Gasteiger partial charge in [0.05, 0.1) is 0 Å². The van der Waals surface area contributed by atoms with Crippen molar-refractivity contribution in [2.24, 2.45) is 0 Å². The Kier molecular flexibility index (Phi) is 5.67. The van der Waals surface area contributed by atoms with Gasteiger partial charge < -0.3 is 10.1 Å². The first-order valence-corrected chi connectivity index (χ1v) is 8.04. The van der Waals surface area contributed by atoms with E-state index in [2.05, 4.69) is 25.2 Å². The standard InChI is InChI=1S/C19H22ClNO2/c1-12(2)15-6-5-13(3)18(10-15)23-11-19(22)21-17-8-7-16(20)9-14(17)4/h5-10,12H,11H2,1-4H3,(H,21,22). The van der Waals surface area contributed by atoms with E-state index in [4.69, 9.17) is 16.3 Å². The molecule has 3 nitrogen and oxygen atoms in total. The molecule has 1 amide bonds. The molecule has 0 saturated carbocycles. The Morgan fingerprint density at radius 2 is 1.87 bits per heavy atom. The van der Waals surface area contributed by atoms with Crippen LogP contribution < -0.4 is 10.1 Å². The van der Waals surface area contributed by atoms with Crippen LogP contribution in [0.15, 0.2) is 36.4 Å². The minimum atomic E-state index is -0.190. The smallest absolute Gasteiger partial charge is 0.262 e. The highest BCUT2D eigenvalue weighted by molar-refractivity contribution is 6.30. The molecule has 4 heteroatoms. The number of halogens is 1. The topological polar surface area (TPSA) is 38.3 Å². The number of carbonyl (C=O) groups is 1. The van der Waals surface area contributed by atoms with Crippen LogP contribution >= 0.6 is 11.6 Å². The fraction of sp³-hybridized carbons (Fsp3) is 0.316. The van der Waals surface area contributed by atoms with Gasteiger partial charge in [-0.2, -0.15) is 0 Å². The van der Waals surface area contributed by atoms with Crippen molar-refractivity contribution in [1.82, 2.24) is 0 Å². The molecule has 0 atom stereocenters. The van der Waals surface area contributed by atoms with Crippen LogP contribution in [0.1, 0.15) is 36.5 Å². The zero-order valence-corrected chi connectivity index (χ0v) is 14.7. The molecule has 1 N–H and O–H groups in total. The molecular weight excluding hydrogens is 310 g/mol. The monoisotopic (exact) mass is 331 g/mol. The molecule has 2 aromatic carbocycles. The summed E-state index contributed by atoms with van der Waals surface area (Å²) < 4.78 is 5.69. The summed E-state index contributed by atoms with van der Waals surface area (Å²) in [5.74, 6) is 0.979. The van der Waals surface area contributed by atoms with E-state index in [1.165, 1.54) is 5.56 Å². The summed E-state index contributed by atoms with van der Waals surface area (Å²) in [4.78, 5) is 12.1. The van der Waals surface area contributed by atoms with Gasteiger partial charge in [-0.25, -0.2) is 0 Å². The summed E-state index contributed by atoms with van der Waals surface area (Å²) in [6.45, 7) is 8.11. The van der Waals surface area contributed by atoms with Gasteiger partial charge in [0.1, 0.15) is 5.75 Å². The van der Waals surface area contributed by atoms with Gasteiger partial charge in [0, 0.05) is 10.7 Å². The average molecular weight is 332 g/mol. The molecule has 0 unspecified atom stereocenters. The number of carbonyl (C=O) groups excluding carboxylic acids is 1. The van der Waals surface area contributed by atoms with E-state index >= 15 is 0 Å². The third kappa shape index (κ3) is 4.73. The minimum absolute atomic E-state index is 0.0234. The average Bonchev–Trinajstić information content (AvgIpc) is 2.49. The molecule has 0 fully saturated rings. The number of hydrogen-bond acceptors (Lipinski definition) is 2. The zero-order valence-electron chi connectivity index (χ0n) is 13.9. The number of anilines is 1. The first-order valence-electron chi connectivity index (χ1n) is 7.66. The summed E-state index contributed by atoms with van der Waals surface area (Å²) in [5, 5.41) is 3.49. The highest BCUT2D eigenvalue weighted by atomic mass is 35.5. The number of benzene rings is 2. The van der Waals surface area contributed by atoms with Gasteiger partial charge in [0.15, 0.2) is 6.61 Å². The molecule has 0 radical (unpaired) electrons. The van der Waals surface area contributed by atoms with Gasteiger partial charge in [0.25, 0.3) is 5.91 Å². The lowest BCUT2D eigenvalue weighted by molar-refractivity contribution is -0.118. The Bertz CT molecular complexity index is 711. The fourth-order valence-electron chi connectivity index (χ4n) is 2.23. The maximum absolute atomic E-state index is 12.1. The van der Waals surface area contributed by atoms with Gasteiger partial charge in [-0.3, -0.25) is 4.79 Å². The van der Waals surface area contributed by atoms with Crippen LogP contribution in [-0.4, -0.2) is 12.5 Å². The lowest BCUT2D eigenvalue weighted by Gasteiger charge is -2.13. The van der Waals surface area contributed by atoms with Crippen molar-refractivity contribution in [2.75, 3.05) is 11.9 Å². The van der Waals surface area contributed by atoms with Crippen molar-refractivity contribution in [2.45, 2.75) is 33.6 Å². The fourth-order valence-corrected chi connectivity index (χ4v) is 2.45. The molecule has 122 valence electrons. The van der Waals surface area contributed by atoms with Crippen molar-refractivity contribution in [3.63, 3.8) is 0 Å². The lowest BCUT2D eigenvalue weighted by atomic mass is 10.0. The van der Waals surface area contributed by atoms with E-state index < -0.39 is 0 Å². The Balaban J connectivity index is 2.00. The second kappa shape index (κ2) is 7.51. The summed E-state index contributed by atoms with van der Waals surface area (Å²) in [6, 6.07) is 11.5. The van der Waals surface area contributed by atoms with E-state index in [0.29, 0.717) is 10.9 Å². The predicted octanol–water partition coefficient (Wildman–Crippen LogP) is 5.10. The largest absolute Gasteiger partial charge is 0.483 e. The van der Waals surface area contributed by atoms with Crippen LogP contribution in [0.5, 0.6) is 5.75 Å². The van der Waals surface area contributed by atoms with Gasteiger partial charge in [0.2, 0.25) is 0 Å².